The van der Waals surface area contributed by atoms with Gasteiger partial charge in [0.15, 0.2) is 5.60 Å². The maximum absolute atomic E-state index is 12.6. The molecule has 3 aromatic rings. The maximum atomic E-state index is 12.6. The van der Waals surface area contributed by atoms with Gasteiger partial charge in [-0.3, -0.25) is 19.4 Å². The zero-order valence-corrected chi connectivity index (χ0v) is 36.8. The van der Waals surface area contributed by atoms with E-state index in [-0.39, 0.29) is 30.4 Å². The molecule has 7 rings (SSSR count). The van der Waals surface area contributed by atoms with Crippen molar-refractivity contribution >= 4 is 33.8 Å². The molecule has 0 saturated carbocycles. The summed E-state index contributed by atoms with van der Waals surface area (Å²) in [5, 5.41) is 33.2. The molecule has 0 unspecified atom stereocenters. The molecule has 1 amide bonds. The number of aromatic hydroxyl groups is 1. The molecule has 4 heterocycles. The molecule has 14 nitrogen and oxygen atoms in total. The molecular weight excluding hydrogens is 838 g/mol. The molecule has 6 atom stereocenters. The SMILES string of the molecule is CCN1CCC[C@H]1CNC(=O)c1c(OC)ccc(Br)c1OC.C[C@H]1C(=O)O[C@@H]2CCN3CC=C(COC(=O)[C@](C)(O)[C@]1(C)O)[C@H]23.Oc1ccc(OCc2ccccc2)cc1. The van der Waals surface area contributed by atoms with Crippen LogP contribution in [-0.2, 0) is 25.7 Å². The van der Waals surface area contributed by atoms with E-state index >= 15 is 0 Å². The second kappa shape index (κ2) is 20.7. The highest BCUT2D eigenvalue weighted by molar-refractivity contribution is 9.10. The predicted octanol–water partition coefficient (Wildman–Crippen LogP) is 5.26. The first-order valence-corrected chi connectivity index (χ1v) is 21.1. The van der Waals surface area contributed by atoms with Crippen LogP contribution in [0.3, 0.4) is 0 Å². The van der Waals surface area contributed by atoms with Gasteiger partial charge in [0.2, 0.25) is 0 Å². The first kappa shape index (κ1) is 46.4. The van der Waals surface area contributed by atoms with Gasteiger partial charge in [0.1, 0.15) is 53.5 Å². The van der Waals surface area contributed by atoms with E-state index in [1.807, 2.05) is 42.5 Å². The van der Waals surface area contributed by atoms with Crippen LogP contribution in [0.1, 0.15) is 62.9 Å². The number of likely N-dealkylation sites (N-methyl/N-ethyl adjacent to an activating group) is 1. The molecule has 3 aromatic carbocycles. The van der Waals surface area contributed by atoms with Crippen molar-refractivity contribution in [3.8, 4) is 23.0 Å². The molecule has 3 fully saturated rings. The number of nitrogens with one attached hydrogen (secondary N) is 1. The van der Waals surface area contributed by atoms with Gasteiger partial charge in [0.25, 0.3) is 5.91 Å². The number of ether oxygens (including phenoxy) is 5. The Morgan fingerprint density at radius 2 is 1.70 bits per heavy atom. The van der Waals surface area contributed by atoms with E-state index in [1.54, 1.807) is 44.6 Å². The second-order valence-corrected chi connectivity index (χ2v) is 16.4. The van der Waals surface area contributed by atoms with Gasteiger partial charge < -0.3 is 44.3 Å². The third-order valence-corrected chi connectivity index (χ3v) is 12.5. The van der Waals surface area contributed by atoms with Crippen LogP contribution in [0, 0.1) is 5.92 Å². The number of cyclic esters (lactones) is 1. The first-order valence-electron chi connectivity index (χ1n) is 20.3. The summed E-state index contributed by atoms with van der Waals surface area (Å²) >= 11 is 3.41. The molecule has 4 N–H and O–H groups in total. The van der Waals surface area contributed by atoms with Crippen LogP contribution < -0.4 is 19.5 Å². The van der Waals surface area contributed by atoms with E-state index in [2.05, 4.69) is 38.0 Å². The van der Waals surface area contributed by atoms with Gasteiger partial charge in [-0.25, -0.2) is 4.79 Å². The van der Waals surface area contributed by atoms with E-state index in [1.165, 1.54) is 20.3 Å². The van der Waals surface area contributed by atoms with Gasteiger partial charge in [0, 0.05) is 25.7 Å². The Hall–Kier alpha value is -4.67. The van der Waals surface area contributed by atoms with Crippen LogP contribution in [0.2, 0.25) is 0 Å². The number of hydrogen-bond donors (Lipinski definition) is 4. The quantitative estimate of drug-likeness (QED) is 0.162. The van der Waals surface area contributed by atoms with Gasteiger partial charge >= 0.3 is 11.9 Å². The van der Waals surface area contributed by atoms with Crippen molar-refractivity contribution in [1.82, 2.24) is 15.1 Å². The molecule has 3 saturated heterocycles. The van der Waals surface area contributed by atoms with E-state index in [9.17, 15) is 24.6 Å². The zero-order chi connectivity index (χ0) is 43.6. The molecule has 0 spiro atoms. The first-order chi connectivity index (χ1) is 28.6. The number of likely N-dealkylation sites (tertiary alicyclic amines) is 1. The minimum absolute atomic E-state index is 0.0225. The number of carbonyl (C=O) groups is 3. The number of methoxy groups -OCH3 is 2. The lowest BCUT2D eigenvalue weighted by Gasteiger charge is -2.39. The highest BCUT2D eigenvalue weighted by Gasteiger charge is 2.56. The largest absolute Gasteiger partial charge is 0.508 e. The van der Waals surface area contributed by atoms with Crippen LogP contribution in [-0.4, -0.2) is 126 Å². The number of carbonyl (C=O) groups excluding carboxylic acids is 3. The van der Waals surface area contributed by atoms with Gasteiger partial charge in [-0.05, 0) is 117 Å². The van der Waals surface area contributed by atoms with E-state index < -0.39 is 29.1 Å². The Balaban J connectivity index is 0.000000175. The highest BCUT2D eigenvalue weighted by Crippen LogP contribution is 2.38. The monoisotopic (exact) mass is 895 g/mol. The van der Waals surface area contributed by atoms with Crippen LogP contribution in [0.25, 0.3) is 0 Å². The average Bonchev–Trinajstić information content (AvgIpc) is 3.99. The van der Waals surface area contributed by atoms with Crippen molar-refractivity contribution < 1.29 is 53.4 Å². The lowest BCUT2D eigenvalue weighted by Crippen LogP contribution is -2.61. The van der Waals surface area contributed by atoms with Crippen LogP contribution >= 0.6 is 15.9 Å². The van der Waals surface area contributed by atoms with E-state index in [4.69, 9.17) is 28.8 Å². The third-order valence-electron chi connectivity index (χ3n) is 11.8. The fourth-order valence-electron chi connectivity index (χ4n) is 7.77. The van der Waals surface area contributed by atoms with Gasteiger partial charge in [0.05, 0.1) is 30.7 Å². The van der Waals surface area contributed by atoms with Crippen molar-refractivity contribution in [2.45, 2.75) is 83.0 Å². The van der Waals surface area contributed by atoms with Gasteiger partial charge in [-0.15, -0.1) is 0 Å². The predicted molar refractivity (Wildman–Crippen MR) is 228 cm³/mol. The Bertz CT molecular complexity index is 1960. The summed E-state index contributed by atoms with van der Waals surface area (Å²) in [4.78, 5) is 41.9. The molecule has 326 valence electrons. The molecule has 4 aliphatic heterocycles. The summed E-state index contributed by atoms with van der Waals surface area (Å²) in [5.74, 6) is -0.796. The summed E-state index contributed by atoms with van der Waals surface area (Å²) in [6.45, 7) is 10.9. The molecule has 0 bridgehead atoms. The average molecular weight is 897 g/mol. The number of rotatable bonds is 9. The normalized spacial score (nSPS) is 26.4. The topological polar surface area (TPSA) is 177 Å². The summed E-state index contributed by atoms with van der Waals surface area (Å²) in [6.07, 6.45) is 4.66. The number of benzene rings is 3. The number of halogens is 1. The van der Waals surface area contributed by atoms with Crippen molar-refractivity contribution in [2.24, 2.45) is 5.92 Å². The van der Waals surface area contributed by atoms with Crippen LogP contribution in [0.15, 0.2) is 82.9 Å². The van der Waals surface area contributed by atoms with Gasteiger partial charge in [-0.2, -0.15) is 0 Å². The second-order valence-electron chi connectivity index (χ2n) is 15.6. The molecule has 4 aliphatic rings. The van der Waals surface area contributed by atoms with E-state index in [0.29, 0.717) is 42.7 Å². The Kier molecular flexibility index (Phi) is 16.0. The lowest BCUT2D eigenvalue weighted by atomic mass is 9.76. The molecular formula is C45H58BrN3O11. The Labute approximate surface area is 360 Å². The Morgan fingerprint density at radius 3 is 2.37 bits per heavy atom. The molecule has 0 aromatic heterocycles. The number of aliphatic hydroxyl groups is 2. The molecule has 0 aliphatic carbocycles. The van der Waals surface area contributed by atoms with Crippen LogP contribution in [0.5, 0.6) is 23.0 Å². The maximum Gasteiger partial charge on any atom is 0.341 e. The van der Waals surface area contributed by atoms with Crippen molar-refractivity contribution in [2.75, 3.05) is 53.6 Å². The summed E-state index contributed by atoms with van der Waals surface area (Å²) in [6, 6.07) is 20.6. The standard InChI is InChI=1S/C16H23BrN2O3.C16H23NO6.C13H12O2/c1-4-19-9-5-6-11(19)10-18-16(20)14-13(21-2)8-7-12(17)15(14)22-3;1-9-13(18)23-11-5-7-17-6-4-10(12(11)17)8-22-14(19)16(3,21)15(9,2)20;14-12-6-8-13(9-7-12)15-10-11-4-2-1-3-5-11/h7-8,11H,4-6,9-10H2,1-3H3,(H,18,20);4,9,11-12,20-21H,5-8H2,1-3H3;1-9,14H,10H2/t11-;9-,11+,12+,15+,16-;/m00./s1. The number of hydrogen-bond acceptors (Lipinski definition) is 13. The number of nitrogens with zero attached hydrogens (tertiary/aromatic N) is 2. The van der Waals surface area contributed by atoms with Crippen molar-refractivity contribution in [3.63, 3.8) is 0 Å². The summed E-state index contributed by atoms with van der Waals surface area (Å²) in [7, 11) is 3.10. The van der Waals surface area contributed by atoms with E-state index in [0.717, 1.165) is 60.9 Å². The number of amides is 1. The Morgan fingerprint density at radius 1 is 0.983 bits per heavy atom. The minimum Gasteiger partial charge on any atom is -0.508 e. The fourth-order valence-corrected chi connectivity index (χ4v) is 8.27. The van der Waals surface area contributed by atoms with Crippen LogP contribution in [0.4, 0.5) is 0 Å². The summed E-state index contributed by atoms with van der Waals surface area (Å²) in [5.41, 5.74) is -1.79. The smallest absolute Gasteiger partial charge is 0.341 e. The lowest BCUT2D eigenvalue weighted by molar-refractivity contribution is -0.205. The van der Waals surface area contributed by atoms with Crippen molar-refractivity contribution in [1.29, 1.82) is 0 Å². The number of esters is 2. The fraction of sp³-hybridized carbons (Fsp3) is 0.489. The minimum atomic E-state index is -2.22. The highest BCUT2D eigenvalue weighted by atomic mass is 79.9. The van der Waals surface area contributed by atoms with Gasteiger partial charge in [-0.1, -0.05) is 43.3 Å². The zero-order valence-electron chi connectivity index (χ0n) is 35.2. The molecule has 15 heteroatoms. The molecule has 0 radical (unpaired) electrons. The number of phenolic OH excluding ortho intramolecular Hbond substituents is 1. The molecule has 60 heavy (non-hydrogen) atoms. The van der Waals surface area contributed by atoms with Crippen molar-refractivity contribution in [3.05, 3.63) is 94.0 Å². The summed E-state index contributed by atoms with van der Waals surface area (Å²) < 4.78 is 27.8. The number of phenols is 1. The third kappa shape index (κ3) is 10.8.